The Hall–Kier alpha value is -1.85. The smallest absolute Gasteiger partial charge is 0.383 e. The molecular weight excluding hydrogens is 351 g/mol. The molecule has 3 rings (SSSR count). The maximum Gasteiger partial charge on any atom is 0.416 e. The monoisotopic (exact) mass is 377 g/mol. The van der Waals surface area contributed by atoms with Crippen molar-refractivity contribution in [3.05, 3.63) is 59.2 Å². The molecule has 2 nitrogen and oxygen atoms in total. The highest BCUT2D eigenvalue weighted by Crippen LogP contribution is 2.37. The third-order valence-electron chi connectivity index (χ3n) is 5.44. The Bertz CT molecular complexity index is 781. The van der Waals surface area contributed by atoms with E-state index < -0.39 is 11.7 Å². The number of hydrogen-bond acceptors (Lipinski definition) is 2. The molecule has 0 N–H and O–H groups in total. The number of alkyl halides is 3. The van der Waals surface area contributed by atoms with E-state index in [1.165, 1.54) is 11.1 Å². The van der Waals surface area contributed by atoms with Crippen LogP contribution < -0.4 is 0 Å². The molecule has 0 amide bonds. The van der Waals surface area contributed by atoms with Crippen LogP contribution in [-0.4, -0.2) is 31.7 Å². The van der Waals surface area contributed by atoms with Crippen LogP contribution in [0, 0.1) is 0 Å². The molecule has 2 aromatic carbocycles. The van der Waals surface area contributed by atoms with E-state index in [-0.39, 0.29) is 5.41 Å². The third kappa shape index (κ3) is 4.53. The van der Waals surface area contributed by atoms with Crippen molar-refractivity contribution < 1.29 is 17.9 Å². The quantitative estimate of drug-likeness (QED) is 0.697. The molecule has 1 aliphatic rings. The SMILES string of the molecule is COCCN1CCC(C)(C)c2ccc(-c3ccc(C(F)(F)F)cc3)cc2C1. The Labute approximate surface area is 159 Å². The maximum absolute atomic E-state index is 12.8. The van der Waals surface area contributed by atoms with Crippen LogP contribution in [0.15, 0.2) is 42.5 Å². The van der Waals surface area contributed by atoms with Crippen LogP contribution in [0.25, 0.3) is 11.1 Å². The summed E-state index contributed by atoms with van der Waals surface area (Å²) in [6.07, 6.45) is -3.25. The lowest BCUT2D eigenvalue weighted by Gasteiger charge is -2.25. The number of fused-ring (bicyclic) bond motifs is 1. The lowest BCUT2D eigenvalue weighted by atomic mass is 9.79. The minimum absolute atomic E-state index is 0.0653. The molecule has 0 radical (unpaired) electrons. The molecule has 0 atom stereocenters. The molecular formula is C22H26F3NO. The van der Waals surface area contributed by atoms with E-state index in [1.807, 2.05) is 6.07 Å². The first-order chi connectivity index (χ1) is 12.7. The normalized spacial score (nSPS) is 17.4. The molecule has 0 saturated heterocycles. The summed E-state index contributed by atoms with van der Waals surface area (Å²) >= 11 is 0. The van der Waals surface area contributed by atoms with E-state index in [0.717, 1.165) is 49.3 Å². The molecule has 1 aliphatic heterocycles. The van der Waals surface area contributed by atoms with Crippen LogP contribution in [-0.2, 0) is 22.9 Å². The summed E-state index contributed by atoms with van der Waals surface area (Å²) in [6.45, 7) is 7.90. The van der Waals surface area contributed by atoms with Crippen LogP contribution in [0.1, 0.15) is 37.0 Å². The van der Waals surface area contributed by atoms with Gasteiger partial charge >= 0.3 is 6.18 Å². The third-order valence-corrected chi connectivity index (χ3v) is 5.44. The number of rotatable bonds is 4. The molecule has 0 spiro atoms. The zero-order valence-corrected chi connectivity index (χ0v) is 16.1. The van der Waals surface area contributed by atoms with Gasteiger partial charge in [-0.25, -0.2) is 0 Å². The van der Waals surface area contributed by atoms with Crippen molar-refractivity contribution in [3.8, 4) is 11.1 Å². The van der Waals surface area contributed by atoms with Gasteiger partial charge < -0.3 is 4.74 Å². The fourth-order valence-electron chi connectivity index (χ4n) is 3.72. The van der Waals surface area contributed by atoms with E-state index in [2.05, 4.69) is 30.9 Å². The molecule has 0 saturated carbocycles. The first kappa shape index (κ1) is 19.9. The molecule has 2 aromatic rings. The molecule has 146 valence electrons. The molecule has 0 aliphatic carbocycles. The van der Waals surface area contributed by atoms with Crippen molar-refractivity contribution in [1.82, 2.24) is 4.90 Å². The maximum atomic E-state index is 12.8. The largest absolute Gasteiger partial charge is 0.416 e. The molecule has 0 fully saturated rings. The van der Waals surface area contributed by atoms with Gasteiger partial charge in [-0.2, -0.15) is 13.2 Å². The van der Waals surface area contributed by atoms with Gasteiger partial charge in [-0.1, -0.05) is 38.1 Å². The Morgan fingerprint density at radius 2 is 1.70 bits per heavy atom. The van der Waals surface area contributed by atoms with E-state index in [1.54, 1.807) is 19.2 Å². The molecule has 0 aromatic heterocycles. The van der Waals surface area contributed by atoms with E-state index >= 15 is 0 Å². The predicted octanol–water partition coefficient (Wildman–Crippen LogP) is 5.50. The fourth-order valence-corrected chi connectivity index (χ4v) is 3.72. The molecule has 27 heavy (non-hydrogen) atoms. The van der Waals surface area contributed by atoms with Gasteiger partial charge in [-0.15, -0.1) is 0 Å². The van der Waals surface area contributed by atoms with Gasteiger partial charge in [0.1, 0.15) is 0 Å². The van der Waals surface area contributed by atoms with Crippen LogP contribution >= 0.6 is 0 Å². The Morgan fingerprint density at radius 3 is 2.33 bits per heavy atom. The van der Waals surface area contributed by atoms with Crippen LogP contribution in [0.4, 0.5) is 13.2 Å². The summed E-state index contributed by atoms with van der Waals surface area (Å²) in [7, 11) is 1.71. The number of methoxy groups -OCH3 is 1. The standard InChI is InChI=1S/C22H26F3NO/c1-21(2)10-11-26(12-13-27-3)15-18-14-17(6-9-20(18)21)16-4-7-19(8-5-16)22(23,24)25/h4-9,14H,10-13,15H2,1-3H3. The van der Waals surface area contributed by atoms with E-state index in [9.17, 15) is 13.2 Å². The number of ether oxygens (including phenoxy) is 1. The number of nitrogens with zero attached hydrogens (tertiary/aromatic N) is 1. The highest BCUT2D eigenvalue weighted by atomic mass is 19.4. The number of hydrogen-bond donors (Lipinski definition) is 0. The zero-order chi connectivity index (χ0) is 19.7. The predicted molar refractivity (Wildman–Crippen MR) is 102 cm³/mol. The summed E-state index contributed by atoms with van der Waals surface area (Å²) in [6, 6.07) is 11.7. The van der Waals surface area contributed by atoms with Crippen molar-refractivity contribution in [3.63, 3.8) is 0 Å². The second-order valence-electron chi connectivity index (χ2n) is 7.85. The first-order valence-electron chi connectivity index (χ1n) is 9.23. The van der Waals surface area contributed by atoms with Crippen molar-refractivity contribution >= 4 is 0 Å². The van der Waals surface area contributed by atoms with Crippen molar-refractivity contribution in [2.24, 2.45) is 0 Å². The first-order valence-corrected chi connectivity index (χ1v) is 9.23. The minimum Gasteiger partial charge on any atom is -0.383 e. The topological polar surface area (TPSA) is 12.5 Å². The Balaban J connectivity index is 1.93. The Morgan fingerprint density at radius 1 is 1.04 bits per heavy atom. The van der Waals surface area contributed by atoms with Gasteiger partial charge in [0.15, 0.2) is 0 Å². The van der Waals surface area contributed by atoms with Crippen molar-refractivity contribution in [2.75, 3.05) is 26.8 Å². The minimum atomic E-state index is -4.31. The second kappa shape index (κ2) is 7.64. The van der Waals surface area contributed by atoms with Crippen LogP contribution in [0.3, 0.4) is 0 Å². The summed E-state index contributed by atoms with van der Waals surface area (Å²) in [4.78, 5) is 2.38. The molecule has 1 heterocycles. The van der Waals surface area contributed by atoms with Crippen LogP contribution in [0.5, 0.6) is 0 Å². The van der Waals surface area contributed by atoms with Gasteiger partial charge in [-0.3, -0.25) is 4.90 Å². The summed E-state index contributed by atoms with van der Waals surface area (Å²) < 4.78 is 43.6. The Kier molecular flexibility index (Phi) is 5.63. The van der Waals surface area contributed by atoms with Gasteiger partial charge in [0.2, 0.25) is 0 Å². The van der Waals surface area contributed by atoms with E-state index in [0.29, 0.717) is 6.61 Å². The van der Waals surface area contributed by atoms with Gasteiger partial charge in [0.05, 0.1) is 12.2 Å². The highest BCUT2D eigenvalue weighted by Gasteiger charge is 2.30. The fraction of sp³-hybridized carbons (Fsp3) is 0.455. The van der Waals surface area contributed by atoms with Gasteiger partial charge in [-0.05, 0) is 58.8 Å². The summed E-state index contributed by atoms with van der Waals surface area (Å²) in [5.41, 5.74) is 3.76. The van der Waals surface area contributed by atoms with Gasteiger partial charge in [0.25, 0.3) is 0 Å². The lowest BCUT2D eigenvalue weighted by Crippen LogP contribution is -2.28. The number of benzene rings is 2. The number of halogens is 3. The van der Waals surface area contributed by atoms with Gasteiger partial charge in [0, 0.05) is 20.2 Å². The molecule has 0 unspecified atom stereocenters. The summed E-state index contributed by atoms with van der Waals surface area (Å²) in [5.74, 6) is 0. The zero-order valence-electron chi connectivity index (χ0n) is 16.1. The molecule has 5 heteroatoms. The average Bonchev–Trinajstić information content (AvgIpc) is 2.75. The van der Waals surface area contributed by atoms with Crippen molar-refractivity contribution in [2.45, 2.75) is 38.4 Å². The van der Waals surface area contributed by atoms with Crippen molar-refractivity contribution in [1.29, 1.82) is 0 Å². The second-order valence-corrected chi connectivity index (χ2v) is 7.85. The lowest BCUT2D eigenvalue weighted by molar-refractivity contribution is -0.137. The van der Waals surface area contributed by atoms with Crippen LogP contribution in [0.2, 0.25) is 0 Å². The summed E-state index contributed by atoms with van der Waals surface area (Å²) in [5, 5.41) is 0. The average molecular weight is 377 g/mol. The highest BCUT2D eigenvalue weighted by molar-refractivity contribution is 5.66. The van der Waals surface area contributed by atoms with E-state index in [4.69, 9.17) is 4.74 Å². The molecule has 0 bridgehead atoms.